The van der Waals surface area contributed by atoms with E-state index in [-0.39, 0.29) is 45.6 Å². The van der Waals surface area contributed by atoms with Gasteiger partial charge < -0.3 is 5.26 Å². The Labute approximate surface area is 133 Å². The quantitative estimate of drug-likeness (QED) is 0.221. The van der Waals surface area contributed by atoms with E-state index in [9.17, 15) is 14.8 Å². The van der Waals surface area contributed by atoms with E-state index in [2.05, 4.69) is 9.37 Å². The average Bonchev–Trinajstić information content (AvgIpc) is 2.25. The third-order valence-electron chi connectivity index (χ3n) is 1.57. The maximum atomic E-state index is 11.0. The standard InChI is InChI=1S/C8H4Cl2O5S.Na/c9-7(11)4-1-2-5(8(10)12)6(3-4)16-15-14-13;/h1-3,13H;/q;+1/p-1. The van der Waals surface area contributed by atoms with Crippen LogP contribution in [0.3, 0.4) is 0 Å². The Kier molecular flexibility index (Phi) is 8.65. The fourth-order valence-corrected chi connectivity index (χ4v) is 1.79. The van der Waals surface area contributed by atoms with Gasteiger partial charge in [0.15, 0.2) is 0 Å². The van der Waals surface area contributed by atoms with Gasteiger partial charge in [-0.25, -0.2) is 0 Å². The molecular weight excluding hydrogens is 302 g/mol. The van der Waals surface area contributed by atoms with Crippen molar-refractivity contribution in [1.82, 2.24) is 0 Å². The van der Waals surface area contributed by atoms with E-state index in [0.29, 0.717) is 12.0 Å². The van der Waals surface area contributed by atoms with Gasteiger partial charge in [0.25, 0.3) is 10.5 Å². The molecule has 0 radical (unpaired) electrons. The molecule has 0 N–H and O–H groups in total. The van der Waals surface area contributed by atoms with Crippen molar-refractivity contribution >= 4 is 45.7 Å². The van der Waals surface area contributed by atoms with Gasteiger partial charge in [0.1, 0.15) is 0 Å². The van der Waals surface area contributed by atoms with Gasteiger partial charge in [-0.1, -0.05) is 0 Å². The van der Waals surface area contributed by atoms with E-state index in [1.165, 1.54) is 18.2 Å². The molecule has 0 bridgehead atoms. The monoisotopic (exact) mass is 304 g/mol. The van der Waals surface area contributed by atoms with Crippen LogP contribution in [0.4, 0.5) is 0 Å². The van der Waals surface area contributed by atoms with Crippen LogP contribution >= 0.6 is 35.2 Å². The maximum absolute atomic E-state index is 11.0. The minimum Gasteiger partial charge on any atom is -0.691 e. The summed E-state index contributed by atoms with van der Waals surface area (Å²) >= 11 is 11.0. The minimum atomic E-state index is -0.759. The number of carbonyl (C=O) groups excluding carboxylic acids is 2. The fraction of sp³-hybridized carbons (Fsp3) is 0. The minimum absolute atomic E-state index is 0. The molecule has 0 unspecified atom stereocenters. The molecule has 0 saturated heterocycles. The molecule has 0 atom stereocenters. The van der Waals surface area contributed by atoms with Gasteiger partial charge in [-0.2, -0.15) is 4.33 Å². The molecule has 5 nitrogen and oxygen atoms in total. The second-order valence-electron chi connectivity index (χ2n) is 2.48. The Hall–Kier alpha value is 0.370. The average molecular weight is 305 g/mol. The molecule has 9 heteroatoms. The van der Waals surface area contributed by atoms with Gasteiger partial charge in [-0.05, 0) is 41.4 Å². The molecule has 0 fully saturated rings. The molecule has 0 aliphatic carbocycles. The first-order valence-corrected chi connectivity index (χ1v) is 5.23. The molecule has 0 amide bonds. The molecule has 1 aromatic carbocycles. The predicted octanol–water partition coefficient (Wildman–Crippen LogP) is -1.32. The van der Waals surface area contributed by atoms with Crippen molar-refractivity contribution in [2.75, 3.05) is 0 Å². The van der Waals surface area contributed by atoms with Gasteiger partial charge in [0.05, 0.1) is 22.5 Å². The van der Waals surface area contributed by atoms with Gasteiger partial charge in [-0.3, -0.25) is 14.6 Å². The van der Waals surface area contributed by atoms with Crippen molar-refractivity contribution < 1.29 is 53.8 Å². The van der Waals surface area contributed by atoms with Crippen LogP contribution in [0.2, 0.25) is 0 Å². The van der Waals surface area contributed by atoms with E-state index in [4.69, 9.17) is 23.2 Å². The molecule has 0 aliphatic heterocycles. The van der Waals surface area contributed by atoms with E-state index < -0.39 is 10.5 Å². The Bertz CT molecular complexity index is 428. The van der Waals surface area contributed by atoms with Crippen LogP contribution in [0.5, 0.6) is 0 Å². The van der Waals surface area contributed by atoms with Gasteiger partial charge >= 0.3 is 29.6 Å². The molecule has 0 aliphatic rings. The summed E-state index contributed by atoms with van der Waals surface area (Å²) in [5, 5.41) is 11.3. The summed E-state index contributed by atoms with van der Waals surface area (Å²) in [6, 6.07) is 3.88. The second-order valence-corrected chi connectivity index (χ2v) is 3.91. The van der Waals surface area contributed by atoms with E-state index in [1.54, 1.807) is 0 Å². The molecule has 0 spiro atoms. The number of rotatable bonds is 5. The van der Waals surface area contributed by atoms with E-state index >= 15 is 0 Å². The van der Waals surface area contributed by atoms with Crippen LogP contribution < -0.4 is 34.8 Å². The number of hydrogen-bond donors (Lipinski definition) is 0. The summed E-state index contributed by atoms with van der Waals surface area (Å²) in [5.41, 5.74) is 0.214. The normalized spacial score (nSPS) is 9.59. The first-order valence-electron chi connectivity index (χ1n) is 3.73. The van der Waals surface area contributed by atoms with Crippen molar-refractivity contribution in [3.63, 3.8) is 0 Å². The van der Waals surface area contributed by atoms with E-state index in [1.807, 2.05) is 0 Å². The largest absolute Gasteiger partial charge is 1.00 e. The molecular formula is C8H3Cl2NaO5S. The third kappa shape index (κ3) is 5.25. The predicted molar refractivity (Wildman–Crippen MR) is 54.8 cm³/mol. The summed E-state index contributed by atoms with van der Waals surface area (Å²) in [7, 11) is 0. The summed E-state index contributed by atoms with van der Waals surface area (Å²) in [6.07, 6.45) is 0. The zero-order valence-corrected chi connectivity index (χ0v) is 12.8. The number of hydrogen-bond acceptors (Lipinski definition) is 6. The van der Waals surface area contributed by atoms with Crippen molar-refractivity contribution in [3.05, 3.63) is 29.3 Å². The Morgan fingerprint density at radius 2 is 1.88 bits per heavy atom. The molecule has 0 heterocycles. The summed E-state index contributed by atoms with van der Waals surface area (Å²) in [4.78, 5) is 22.0. The van der Waals surface area contributed by atoms with Gasteiger partial charge in [0.2, 0.25) is 0 Å². The number of halogens is 2. The molecule has 0 saturated carbocycles. The van der Waals surface area contributed by atoms with Crippen molar-refractivity contribution in [2.24, 2.45) is 0 Å². The summed E-state index contributed by atoms with van der Waals surface area (Å²) in [6.45, 7) is 0. The molecule has 86 valence electrons. The Balaban J connectivity index is 0.00000256. The van der Waals surface area contributed by atoms with Crippen molar-refractivity contribution in [1.29, 1.82) is 0 Å². The topological polar surface area (TPSA) is 75.7 Å². The maximum Gasteiger partial charge on any atom is 1.00 e. The molecule has 0 aromatic heterocycles. The first-order chi connectivity index (χ1) is 7.56. The van der Waals surface area contributed by atoms with E-state index in [0.717, 1.165) is 0 Å². The molecule has 1 aromatic rings. The van der Waals surface area contributed by atoms with Crippen LogP contribution in [-0.2, 0) is 9.37 Å². The van der Waals surface area contributed by atoms with Crippen LogP contribution in [0.1, 0.15) is 20.7 Å². The van der Waals surface area contributed by atoms with Crippen molar-refractivity contribution in [2.45, 2.75) is 4.90 Å². The smallest absolute Gasteiger partial charge is 0.691 e. The molecule has 17 heavy (non-hydrogen) atoms. The van der Waals surface area contributed by atoms with Crippen LogP contribution in [-0.4, -0.2) is 10.5 Å². The zero-order chi connectivity index (χ0) is 12.1. The first kappa shape index (κ1) is 17.4. The zero-order valence-electron chi connectivity index (χ0n) is 8.44. The van der Waals surface area contributed by atoms with Crippen molar-refractivity contribution in [3.8, 4) is 0 Å². The van der Waals surface area contributed by atoms with Gasteiger partial charge in [0, 0.05) is 5.56 Å². The Morgan fingerprint density at radius 1 is 1.24 bits per heavy atom. The number of benzene rings is 1. The fourth-order valence-electron chi connectivity index (χ4n) is 0.926. The Morgan fingerprint density at radius 3 is 2.35 bits per heavy atom. The third-order valence-corrected chi connectivity index (χ3v) is 2.63. The van der Waals surface area contributed by atoms with Gasteiger partial charge in [-0.15, -0.1) is 0 Å². The van der Waals surface area contributed by atoms with Crippen LogP contribution in [0.25, 0.3) is 0 Å². The summed E-state index contributed by atoms with van der Waals surface area (Å²) in [5.74, 6) is 0. The number of carbonyl (C=O) groups is 2. The molecule has 1 rings (SSSR count). The van der Waals surface area contributed by atoms with Crippen LogP contribution in [0.15, 0.2) is 23.1 Å². The van der Waals surface area contributed by atoms with Crippen LogP contribution in [0, 0.1) is 0 Å². The summed E-state index contributed by atoms with van der Waals surface area (Å²) < 4.78 is 4.04. The SMILES string of the molecule is O=C(Cl)c1ccc(C(=O)Cl)c(SOO[O-])c1.[Na+]. The second kappa shape index (κ2) is 8.47.